The molecule has 0 aliphatic heterocycles. The summed E-state index contributed by atoms with van der Waals surface area (Å²) < 4.78 is 4.57. The Morgan fingerprint density at radius 2 is 1.80 bits per heavy atom. The zero-order valence-corrected chi connectivity index (χ0v) is 12.9. The van der Waals surface area contributed by atoms with Gasteiger partial charge in [-0.05, 0) is 5.41 Å². The number of urea groups is 1. The van der Waals surface area contributed by atoms with Gasteiger partial charge in [-0.2, -0.15) is 0 Å². The molecule has 0 heterocycles. The second-order valence-electron chi connectivity index (χ2n) is 5.89. The molecule has 0 bridgehead atoms. The molecule has 2 N–H and O–H groups in total. The largest absolute Gasteiger partial charge is 0.480 e. The highest BCUT2D eigenvalue weighted by Gasteiger charge is 2.33. The van der Waals surface area contributed by atoms with E-state index in [0.717, 1.165) is 0 Å². The lowest BCUT2D eigenvalue weighted by Crippen LogP contribution is -2.53. The predicted molar refractivity (Wildman–Crippen MR) is 73.2 cm³/mol. The Balaban J connectivity index is 4.67. The highest BCUT2D eigenvalue weighted by molar-refractivity contribution is 5.83. The molecule has 0 aromatic carbocycles. The normalized spacial score (nSPS) is 14.1. The van der Waals surface area contributed by atoms with Gasteiger partial charge in [0.1, 0.15) is 6.04 Å². The molecule has 0 rings (SSSR count). The Hall–Kier alpha value is -1.79. The third kappa shape index (κ3) is 5.46. The first-order valence-electron chi connectivity index (χ1n) is 6.33. The van der Waals surface area contributed by atoms with Gasteiger partial charge in [-0.15, -0.1) is 0 Å². The first-order chi connectivity index (χ1) is 9.00. The monoisotopic (exact) mass is 288 g/mol. The van der Waals surface area contributed by atoms with E-state index in [-0.39, 0.29) is 6.54 Å². The number of carbonyl (C=O) groups excluding carboxylic acids is 2. The average Bonchev–Trinajstić information content (AvgIpc) is 2.32. The summed E-state index contributed by atoms with van der Waals surface area (Å²) in [5.41, 5.74) is -0.615. The topological polar surface area (TPSA) is 95.9 Å². The molecule has 0 spiro atoms. The van der Waals surface area contributed by atoms with Gasteiger partial charge in [0.2, 0.25) is 0 Å². The molecule has 2 amide bonds. The Morgan fingerprint density at radius 3 is 2.15 bits per heavy atom. The molecule has 0 saturated carbocycles. The summed E-state index contributed by atoms with van der Waals surface area (Å²) in [5.74, 6) is -2.00. The molecule has 7 heteroatoms. The third-order valence-electron chi connectivity index (χ3n) is 2.88. The number of nitrogens with one attached hydrogen (secondary N) is 1. The van der Waals surface area contributed by atoms with E-state index in [1.54, 1.807) is 27.7 Å². The number of carboxylic acid groups (broad SMARTS) is 1. The highest BCUT2D eigenvalue weighted by Crippen LogP contribution is 2.19. The molecule has 2 atom stereocenters. The van der Waals surface area contributed by atoms with Crippen LogP contribution in [0.15, 0.2) is 0 Å². The quantitative estimate of drug-likeness (QED) is 0.734. The van der Waals surface area contributed by atoms with Crippen molar-refractivity contribution in [3.63, 3.8) is 0 Å². The zero-order chi connectivity index (χ0) is 16.1. The van der Waals surface area contributed by atoms with Crippen molar-refractivity contribution in [3.05, 3.63) is 0 Å². The van der Waals surface area contributed by atoms with Crippen LogP contribution in [0.3, 0.4) is 0 Å². The maximum absolute atomic E-state index is 12.0. The van der Waals surface area contributed by atoms with Crippen molar-refractivity contribution in [2.24, 2.45) is 11.3 Å². The van der Waals surface area contributed by atoms with Crippen LogP contribution in [-0.4, -0.2) is 54.7 Å². The Morgan fingerprint density at radius 1 is 1.30 bits per heavy atom. The van der Waals surface area contributed by atoms with Crippen molar-refractivity contribution in [2.45, 2.75) is 33.7 Å². The van der Waals surface area contributed by atoms with Crippen molar-refractivity contribution in [1.29, 1.82) is 0 Å². The van der Waals surface area contributed by atoms with Crippen LogP contribution in [0.5, 0.6) is 0 Å². The summed E-state index contributed by atoms with van der Waals surface area (Å²) in [4.78, 5) is 35.7. The summed E-state index contributed by atoms with van der Waals surface area (Å²) in [7, 11) is 2.77. The number of carboxylic acids is 1. The third-order valence-corrected chi connectivity index (χ3v) is 2.88. The number of esters is 1. The number of amides is 2. The van der Waals surface area contributed by atoms with E-state index in [1.165, 1.54) is 19.1 Å². The molecule has 0 aromatic rings. The van der Waals surface area contributed by atoms with E-state index in [4.69, 9.17) is 5.11 Å². The number of methoxy groups -OCH3 is 1. The van der Waals surface area contributed by atoms with Crippen LogP contribution in [0, 0.1) is 11.3 Å². The first kappa shape index (κ1) is 18.2. The van der Waals surface area contributed by atoms with Gasteiger partial charge in [-0.1, -0.05) is 27.7 Å². The highest BCUT2D eigenvalue weighted by atomic mass is 16.5. The minimum Gasteiger partial charge on any atom is -0.480 e. The predicted octanol–water partition coefficient (Wildman–Crippen LogP) is 0.936. The van der Waals surface area contributed by atoms with E-state index in [0.29, 0.717) is 0 Å². The van der Waals surface area contributed by atoms with Crippen LogP contribution < -0.4 is 5.32 Å². The lowest BCUT2D eigenvalue weighted by molar-refractivity contribution is -0.145. The minimum atomic E-state index is -1.10. The molecular weight excluding hydrogens is 264 g/mol. The number of ether oxygens (including phenoxy) is 1. The lowest BCUT2D eigenvalue weighted by Gasteiger charge is -2.30. The van der Waals surface area contributed by atoms with Crippen molar-refractivity contribution in [2.75, 3.05) is 20.7 Å². The van der Waals surface area contributed by atoms with Gasteiger partial charge < -0.3 is 20.1 Å². The van der Waals surface area contributed by atoms with E-state index in [1.807, 2.05) is 0 Å². The van der Waals surface area contributed by atoms with Gasteiger partial charge in [0.25, 0.3) is 0 Å². The Bertz CT molecular complexity index is 375. The van der Waals surface area contributed by atoms with Crippen molar-refractivity contribution < 1.29 is 24.2 Å². The molecule has 116 valence electrons. The molecule has 20 heavy (non-hydrogen) atoms. The molecule has 1 unspecified atom stereocenters. The molecule has 7 nitrogen and oxygen atoms in total. The molecule has 0 aromatic heterocycles. The second-order valence-corrected chi connectivity index (χ2v) is 5.89. The van der Waals surface area contributed by atoms with Gasteiger partial charge in [-0.3, -0.25) is 4.79 Å². The molecule has 0 fully saturated rings. The van der Waals surface area contributed by atoms with Crippen LogP contribution in [0.4, 0.5) is 4.79 Å². The number of aliphatic carboxylic acids is 1. The SMILES string of the molecule is COC(=O)C(C)CN(C)C(=O)N[C@H](C(=O)O)C(C)(C)C. The van der Waals surface area contributed by atoms with Gasteiger partial charge in [0, 0.05) is 13.6 Å². The minimum absolute atomic E-state index is 0.148. The summed E-state index contributed by atoms with van der Waals surface area (Å²) in [6, 6.07) is -1.55. The first-order valence-corrected chi connectivity index (χ1v) is 6.33. The smallest absolute Gasteiger partial charge is 0.326 e. The fraction of sp³-hybridized carbons (Fsp3) is 0.769. The van der Waals surface area contributed by atoms with Gasteiger partial charge in [0.15, 0.2) is 0 Å². The summed E-state index contributed by atoms with van der Waals surface area (Å²) in [5, 5.41) is 11.6. The van der Waals surface area contributed by atoms with Gasteiger partial charge >= 0.3 is 18.0 Å². The number of hydrogen-bond acceptors (Lipinski definition) is 4. The maximum Gasteiger partial charge on any atom is 0.326 e. The fourth-order valence-electron chi connectivity index (χ4n) is 1.65. The zero-order valence-electron chi connectivity index (χ0n) is 12.9. The number of rotatable bonds is 5. The van der Waals surface area contributed by atoms with Crippen molar-refractivity contribution >= 4 is 18.0 Å². The average molecular weight is 288 g/mol. The number of carbonyl (C=O) groups is 3. The number of hydrogen-bond donors (Lipinski definition) is 2. The van der Waals surface area contributed by atoms with E-state index in [2.05, 4.69) is 10.1 Å². The van der Waals surface area contributed by atoms with E-state index >= 15 is 0 Å². The Labute approximate surface area is 119 Å². The Kier molecular flexibility index (Phi) is 6.48. The van der Waals surface area contributed by atoms with Gasteiger partial charge in [-0.25, -0.2) is 9.59 Å². The lowest BCUT2D eigenvalue weighted by atomic mass is 9.87. The second kappa shape index (κ2) is 7.12. The van der Waals surface area contributed by atoms with Crippen molar-refractivity contribution in [3.8, 4) is 0 Å². The standard InChI is InChI=1S/C13H24N2O5/c1-8(11(18)20-6)7-15(5)12(19)14-9(10(16)17)13(2,3)4/h8-9H,7H2,1-6H3,(H,14,19)(H,16,17)/t8?,9-/m1/s1. The summed E-state index contributed by atoms with van der Waals surface area (Å²) in [6.07, 6.45) is 0. The molecule has 0 aliphatic carbocycles. The van der Waals surface area contributed by atoms with E-state index < -0.39 is 35.3 Å². The van der Waals surface area contributed by atoms with Crippen LogP contribution in [0.1, 0.15) is 27.7 Å². The summed E-state index contributed by atoms with van der Waals surface area (Å²) >= 11 is 0. The fourth-order valence-corrected chi connectivity index (χ4v) is 1.65. The molecule has 0 aliphatic rings. The van der Waals surface area contributed by atoms with Crippen LogP contribution in [-0.2, 0) is 14.3 Å². The van der Waals surface area contributed by atoms with Crippen LogP contribution in [0.2, 0.25) is 0 Å². The van der Waals surface area contributed by atoms with Gasteiger partial charge in [0.05, 0.1) is 13.0 Å². The molecular formula is C13H24N2O5. The van der Waals surface area contributed by atoms with Crippen LogP contribution in [0.25, 0.3) is 0 Å². The molecule has 0 radical (unpaired) electrons. The summed E-state index contributed by atoms with van der Waals surface area (Å²) in [6.45, 7) is 6.96. The van der Waals surface area contributed by atoms with Crippen molar-refractivity contribution in [1.82, 2.24) is 10.2 Å². The maximum atomic E-state index is 12.0. The number of nitrogens with zero attached hydrogens (tertiary/aromatic N) is 1. The van der Waals surface area contributed by atoms with E-state index in [9.17, 15) is 14.4 Å². The molecule has 0 saturated heterocycles. The van der Waals surface area contributed by atoms with Crippen LogP contribution >= 0.6 is 0 Å².